The zero-order valence-electron chi connectivity index (χ0n) is 14.7. The second-order valence-corrected chi connectivity index (χ2v) is 6.50. The Morgan fingerprint density at radius 1 is 1.04 bits per heavy atom. The van der Waals surface area contributed by atoms with E-state index in [1.54, 1.807) is 12.1 Å². The van der Waals surface area contributed by atoms with Crippen molar-refractivity contribution in [1.82, 2.24) is 9.88 Å². The molecule has 1 aliphatic rings. The van der Waals surface area contributed by atoms with Crippen molar-refractivity contribution in [3.8, 4) is 0 Å². The van der Waals surface area contributed by atoms with E-state index in [9.17, 15) is 9.59 Å². The van der Waals surface area contributed by atoms with Gasteiger partial charge in [-0.05, 0) is 56.4 Å². The molecule has 0 aliphatic carbocycles. The van der Waals surface area contributed by atoms with Gasteiger partial charge in [0.2, 0.25) is 0 Å². The van der Waals surface area contributed by atoms with Gasteiger partial charge in [-0.15, -0.1) is 0 Å². The lowest BCUT2D eigenvalue weighted by Gasteiger charge is -2.26. The highest BCUT2D eigenvalue weighted by molar-refractivity contribution is 6.05. The summed E-state index contributed by atoms with van der Waals surface area (Å²) in [4.78, 5) is 31.2. The Hall–Kier alpha value is -2.69. The zero-order valence-corrected chi connectivity index (χ0v) is 14.7. The molecule has 2 amide bonds. The topological polar surface area (TPSA) is 62.3 Å². The molecule has 0 bridgehead atoms. The molecule has 1 fully saturated rings. The average molecular weight is 337 g/mol. The van der Waals surface area contributed by atoms with E-state index in [1.165, 1.54) is 12.6 Å². The van der Waals surface area contributed by atoms with Gasteiger partial charge in [-0.3, -0.25) is 14.6 Å². The summed E-state index contributed by atoms with van der Waals surface area (Å²) in [5.74, 6) is -0.325. The Morgan fingerprint density at radius 2 is 1.72 bits per heavy atom. The van der Waals surface area contributed by atoms with E-state index in [1.807, 2.05) is 36.9 Å². The summed E-state index contributed by atoms with van der Waals surface area (Å²) < 4.78 is 0. The number of nitrogens with one attached hydrogen (secondary N) is 1. The summed E-state index contributed by atoms with van der Waals surface area (Å²) in [6.07, 6.45) is 4.77. The first kappa shape index (κ1) is 17.1. The Labute approximate surface area is 148 Å². The molecule has 1 aliphatic heterocycles. The third kappa shape index (κ3) is 3.87. The van der Waals surface area contributed by atoms with Crippen LogP contribution < -0.4 is 5.32 Å². The molecule has 2 heterocycles. The highest BCUT2D eigenvalue weighted by atomic mass is 16.2. The van der Waals surface area contributed by atoms with E-state index in [2.05, 4.69) is 10.3 Å². The first-order chi connectivity index (χ1) is 12.1. The highest BCUT2D eigenvalue weighted by Crippen LogP contribution is 2.20. The van der Waals surface area contributed by atoms with Gasteiger partial charge >= 0.3 is 0 Å². The molecule has 0 saturated carbocycles. The van der Waals surface area contributed by atoms with Gasteiger partial charge in [0.1, 0.15) is 5.69 Å². The Balaban J connectivity index is 1.78. The van der Waals surface area contributed by atoms with Crippen LogP contribution in [-0.4, -0.2) is 34.8 Å². The number of benzene rings is 1. The summed E-state index contributed by atoms with van der Waals surface area (Å²) in [5, 5.41) is 2.91. The molecule has 1 saturated heterocycles. The molecule has 0 spiro atoms. The number of rotatable bonds is 3. The minimum absolute atomic E-state index is 0.0248. The van der Waals surface area contributed by atoms with E-state index in [-0.39, 0.29) is 17.5 Å². The highest BCUT2D eigenvalue weighted by Gasteiger charge is 2.20. The lowest BCUT2D eigenvalue weighted by atomic mass is 10.1. The third-order valence-corrected chi connectivity index (χ3v) is 4.60. The van der Waals surface area contributed by atoms with E-state index in [4.69, 9.17) is 0 Å². The van der Waals surface area contributed by atoms with Crippen LogP contribution in [0.25, 0.3) is 0 Å². The fourth-order valence-corrected chi connectivity index (χ4v) is 3.16. The van der Waals surface area contributed by atoms with E-state index < -0.39 is 0 Å². The minimum atomic E-state index is -0.300. The molecule has 5 heteroatoms. The molecule has 0 radical (unpaired) electrons. The Bertz CT molecular complexity index is 775. The number of carbonyl (C=O) groups excluding carboxylic acids is 2. The van der Waals surface area contributed by atoms with Gasteiger partial charge in [0, 0.05) is 30.5 Å². The SMILES string of the molecule is Cc1cccc(C)c1NC(=O)c1cc(C(=O)N2CCCCC2)ccn1. The minimum Gasteiger partial charge on any atom is -0.339 e. The number of carbonyl (C=O) groups is 2. The van der Waals surface area contributed by atoms with Crippen LogP contribution in [-0.2, 0) is 0 Å². The smallest absolute Gasteiger partial charge is 0.274 e. The van der Waals surface area contributed by atoms with Gasteiger partial charge in [-0.25, -0.2) is 0 Å². The number of aromatic nitrogens is 1. The lowest BCUT2D eigenvalue weighted by molar-refractivity contribution is 0.0724. The van der Waals surface area contributed by atoms with Crippen molar-refractivity contribution in [1.29, 1.82) is 0 Å². The maximum Gasteiger partial charge on any atom is 0.274 e. The van der Waals surface area contributed by atoms with Crippen LogP contribution in [0.3, 0.4) is 0 Å². The second kappa shape index (κ2) is 7.47. The normalized spacial score (nSPS) is 14.2. The number of pyridine rings is 1. The van der Waals surface area contributed by atoms with Gasteiger partial charge in [0.25, 0.3) is 11.8 Å². The number of amides is 2. The molecular weight excluding hydrogens is 314 g/mol. The van der Waals surface area contributed by atoms with Crippen molar-refractivity contribution >= 4 is 17.5 Å². The fraction of sp³-hybridized carbons (Fsp3) is 0.350. The second-order valence-electron chi connectivity index (χ2n) is 6.50. The molecule has 0 unspecified atom stereocenters. The van der Waals surface area contributed by atoms with Crippen LogP contribution in [0, 0.1) is 13.8 Å². The van der Waals surface area contributed by atoms with E-state index in [0.29, 0.717) is 5.56 Å². The number of aryl methyl sites for hydroxylation is 2. The molecule has 0 atom stereocenters. The van der Waals surface area contributed by atoms with Crippen molar-refractivity contribution in [2.45, 2.75) is 33.1 Å². The van der Waals surface area contributed by atoms with Crippen LogP contribution in [0.5, 0.6) is 0 Å². The van der Waals surface area contributed by atoms with Gasteiger partial charge < -0.3 is 10.2 Å². The summed E-state index contributed by atoms with van der Waals surface area (Å²) in [6.45, 7) is 5.47. The van der Waals surface area contributed by atoms with E-state index >= 15 is 0 Å². The third-order valence-electron chi connectivity index (χ3n) is 4.60. The molecule has 1 N–H and O–H groups in total. The molecule has 1 aromatic heterocycles. The number of hydrogen-bond acceptors (Lipinski definition) is 3. The van der Waals surface area contributed by atoms with Gasteiger partial charge in [-0.1, -0.05) is 18.2 Å². The maximum atomic E-state index is 12.6. The van der Waals surface area contributed by atoms with Crippen LogP contribution in [0.2, 0.25) is 0 Å². The lowest BCUT2D eigenvalue weighted by Crippen LogP contribution is -2.35. The maximum absolute atomic E-state index is 12.6. The first-order valence-electron chi connectivity index (χ1n) is 8.69. The summed E-state index contributed by atoms with van der Waals surface area (Å²) >= 11 is 0. The number of hydrogen-bond donors (Lipinski definition) is 1. The summed E-state index contributed by atoms with van der Waals surface area (Å²) in [6, 6.07) is 9.11. The van der Waals surface area contributed by atoms with Gasteiger partial charge in [0.15, 0.2) is 0 Å². The number of likely N-dealkylation sites (tertiary alicyclic amines) is 1. The molecular formula is C20H23N3O2. The molecule has 2 aromatic rings. The summed E-state index contributed by atoms with van der Waals surface area (Å²) in [5.41, 5.74) is 3.55. The van der Waals surface area contributed by atoms with Crippen LogP contribution in [0.1, 0.15) is 51.2 Å². The quantitative estimate of drug-likeness (QED) is 0.931. The molecule has 1 aromatic carbocycles. The molecule has 25 heavy (non-hydrogen) atoms. The molecule has 130 valence electrons. The predicted molar refractivity (Wildman–Crippen MR) is 97.9 cm³/mol. The van der Waals surface area contributed by atoms with E-state index in [0.717, 1.165) is 42.7 Å². The van der Waals surface area contributed by atoms with Crippen LogP contribution >= 0.6 is 0 Å². The molecule has 5 nitrogen and oxygen atoms in total. The fourth-order valence-electron chi connectivity index (χ4n) is 3.16. The van der Waals surface area contributed by atoms with Gasteiger partial charge in [0.05, 0.1) is 0 Å². The zero-order chi connectivity index (χ0) is 17.8. The predicted octanol–water partition coefficient (Wildman–Crippen LogP) is 3.58. The van der Waals surface area contributed by atoms with Gasteiger partial charge in [-0.2, -0.15) is 0 Å². The van der Waals surface area contributed by atoms with Crippen molar-refractivity contribution in [3.63, 3.8) is 0 Å². The number of anilines is 1. The largest absolute Gasteiger partial charge is 0.339 e. The van der Waals surface area contributed by atoms with Crippen molar-refractivity contribution in [2.24, 2.45) is 0 Å². The number of nitrogens with zero attached hydrogens (tertiary/aromatic N) is 2. The van der Waals surface area contributed by atoms with Crippen molar-refractivity contribution < 1.29 is 9.59 Å². The van der Waals surface area contributed by atoms with Crippen molar-refractivity contribution in [3.05, 3.63) is 58.9 Å². The van der Waals surface area contributed by atoms with Crippen molar-refractivity contribution in [2.75, 3.05) is 18.4 Å². The average Bonchev–Trinajstić information content (AvgIpc) is 2.65. The Kier molecular flexibility index (Phi) is 5.12. The Morgan fingerprint density at radius 3 is 2.40 bits per heavy atom. The standard InChI is InChI=1S/C20H23N3O2/c1-14-7-6-8-15(2)18(14)22-19(24)17-13-16(9-10-21-17)20(25)23-11-4-3-5-12-23/h6-10,13H,3-5,11-12H2,1-2H3,(H,22,24). The van der Waals surface area contributed by atoms with Crippen LogP contribution in [0.15, 0.2) is 36.5 Å². The molecule has 3 rings (SSSR count). The summed E-state index contributed by atoms with van der Waals surface area (Å²) in [7, 11) is 0. The number of piperidine rings is 1. The van der Waals surface area contributed by atoms with Crippen LogP contribution in [0.4, 0.5) is 5.69 Å². The first-order valence-corrected chi connectivity index (χ1v) is 8.69. The monoisotopic (exact) mass is 337 g/mol. The number of para-hydroxylation sites is 1.